The molecule has 0 heterocycles. The van der Waals surface area contributed by atoms with E-state index in [0.29, 0.717) is 5.41 Å². The van der Waals surface area contributed by atoms with E-state index in [0.717, 1.165) is 18.2 Å². The maximum Gasteiger partial charge on any atom is 0.00307 e. The molecule has 74 valence electrons. The molecule has 0 aromatic rings. The van der Waals surface area contributed by atoms with Gasteiger partial charge < -0.3 is 5.73 Å². The van der Waals surface area contributed by atoms with E-state index in [9.17, 15) is 0 Å². The molecule has 0 spiro atoms. The van der Waals surface area contributed by atoms with Gasteiger partial charge in [0.1, 0.15) is 0 Å². The normalized spacial score (nSPS) is 14.8. The van der Waals surface area contributed by atoms with Crippen LogP contribution in [0.1, 0.15) is 40.5 Å². The van der Waals surface area contributed by atoms with Gasteiger partial charge in [0.05, 0.1) is 0 Å². The van der Waals surface area contributed by atoms with E-state index in [2.05, 4.69) is 27.7 Å². The van der Waals surface area contributed by atoms with Gasteiger partial charge in [-0.15, -0.1) is 0 Å². The van der Waals surface area contributed by atoms with Crippen molar-refractivity contribution in [3.05, 3.63) is 0 Å². The van der Waals surface area contributed by atoms with Crippen molar-refractivity contribution in [3.8, 4) is 0 Å². The minimum absolute atomic E-state index is 0.482. The zero-order chi connectivity index (χ0) is 9.61. The van der Waals surface area contributed by atoms with Crippen LogP contribution >= 0.6 is 11.8 Å². The van der Waals surface area contributed by atoms with Crippen molar-refractivity contribution in [2.24, 2.45) is 11.1 Å². The molecule has 0 aromatic heterocycles. The highest BCUT2D eigenvalue weighted by molar-refractivity contribution is 7.99. The summed E-state index contributed by atoms with van der Waals surface area (Å²) in [6.07, 6.45) is 2.45. The highest BCUT2D eigenvalue weighted by Gasteiger charge is 2.10. The van der Waals surface area contributed by atoms with Crippen molar-refractivity contribution < 1.29 is 0 Å². The lowest BCUT2D eigenvalue weighted by molar-refractivity contribution is 0.401. The molecule has 0 saturated carbocycles. The molecule has 0 saturated heterocycles. The molecule has 2 N–H and O–H groups in total. The Kier molecular flexibility index (Phi) is 6.02. The predicted molar refractivity (Wildman–Crippen MR) is 59.7 cm³/mol. The summed E-state index contributed by atoms with van der Waals surface area (Å²) < 4.78 is 0. The van der Waals surface area contributed by atoms with E-state index in [4.69, 9.17) is 5.73 Å². The maximum absolute atomic E-state index is 5.47. The molecule has 0 bridgehead atoms. The third-order valence-electron chi connectivity index (χ3n) is 1.83. The van der Waals surface area contributed by atoms with Crippen LogP contribution in [-0.2, 0) is 0 Å². The lowest BCUT2D eigenvalue weighted by Crippen LogP contribution is -2.10. The van der Waals surface area contributed by atoms with E-state index in [1.54, 1.807) is 0 Å². The van der Waals surface area contributed by atoms with Gasteiger partial charge in [-0.2, -0.15) is 11.8 Å². The first kappa shape index (κ1) is 12.3. The van der Waals surface area contributed by atoms with Crippen molar-refractivity contribution in [1.29, 1.82) is 0 Å². The maximum atomic E-state index is 5.47. The summed E-state index contributed by atoms with van der Waals surface area (Å²) in [6, 6.07) is 0. The SMILES string of the molecule is CC(CCN)SCCC(C)(C)C. The topological polar surface area (TPSA) is 26.0 Å². The average molecular weight is 189 g/mol. The lowest BCUT2D eigenvalue weighted by atomic mass is 9.94. The zero-order valence-electron chi connectivity index (χ0n) is 8.89. The lowest BCUT2D eigenvalue weighted by Gasteiger charge is -2.18. The molecule has 0 fully saturated rings. The Bertz CT molecular complexity index is 107. The highest BCUT2D eigenvalue weighted by atomic mass is 32.2. The Morgan fingerprint density at radius 3 is 2.33 bits per heavy atom. The molecule has 1 unspecified atom stereocenters. The van der Waals surface area contributed by atoms with Gasteiger partial charge in [0, 0.05) is 5.25 Å². The molecule has 1 atom stereocenters. The van der Waals surface area contributed by atoms with Gasteiger partial charge in [0.2, 0.25) is 0 Å². The van der Waals surface area contributed by atoms with Crippen LogP contribution in [-0.4, -0.2) is 17.5 Å². The minimum Gasteiger partial charge on any atom is -0.330 e. The van der Waals surface area contributed by atoms with Gasteiger partial charge in [-0.05, 0) is 30.6 Å². The molecule has 0 aliphatic rings. The molecule has 0 rings (SSSR count). The Morgan fingerprint density at radius 2 is 1.92 bits per heavy atom. The van der Waals surface area contributed by atoms with E-state index in [1.165, 1.54) is 12.2 Å². The van der Waals surface area contributed by atoms with Gasteiger partial charge in [0.25, 0.3) is 0 Å². The Morgan fingerprint density at radius 1 is 1.33 bits per heavy atom. The Labute approximate surface area is 81.5 Å². The van der Waals surface area contributed by atoms with E-state index in [1.807, 2.05) is 11.8 Å². The fraction of sp³-hybridized carbons (Fsp3) is 1.00. The predicted octanol–water partition coefficient (Wildman–Crippen LogP) is 2.89. The monoisotopic (exact) mass is 189 g/mol. The largest absolute Gasteiger partial charge is 0.330 e. The second-order valence-corrected chi connectivity index (χ2v) is 6.12. The van der Waals surface area contributed by atoms with Crippen LogP contribution in [0.3, 0.4) is 0 Å². The minimum atomic E-state index is 0.482. The van der Waals surface area contributed by atoms with Crippen LogP contribution in [0.25, 0.3) is 0 Å². The average Bonchev–Trinajstić information content (AvgIpc) is 1.84. The first-order valence-corrected chi connectivity index (χ1v) is 5.82. The molecule has 0 aliphatic carbocycles. The highest BCUT2D eigenvalue weighted by Crippen LogP contribution is 2.23. The van der Waals surface area contributed by atoms with Crippen molar-refractivity contribution in [3.63, 3.8) is 0 Å². The number of hydrogen-bond donors (Lipinski definition) is 1. The zero-order valence-corrected chi connectivity index (χ0v) is 9.71. The third-order valence-corrected chi connectivity index (χ3v) is 3.07. The van der Waals surface area contributed by atoms with Crippen LogP contribution < -0.4 is 5.73 Å². The van der Waals surface area contributed by atoms with Crippen molar-refractivity contribution >= 4 is 11.8 Å². The summed E-state index contributed by atoms with van der Waals surface area (Å²) >= 11 is 2.05. The third kappa shape index (κ3) is 8.41. The van der Waals surface area contributed by atoms with Crippen LogP contribution in [0, 0.1) is 5.41 Å². The second-order valence-electron chi connectivity index (χ2n) is 4.57. The van der Waals surface area contributed by atoms with Gasteiger partial charge in [-0.1, -0.05) is 27.7 Å². The van der Waals surface area contributed by atoms with Gasteiger partial charge >= 0.3 is 0 Å². The summed E-state index contributed by atoms with van der Waals surface area (Å²) in [4.78, 5) is 0. The molecule has 0 aliphatic heterocycles. The van der Waals surface area contributed by atoms with Crippen molar-refractivity contribution in [2.45, 2.75) is 45.8 Å². The fourth-order valence-corrected chi connectivity index (χ4v) is 2.32. The number of hydrogen-bond acceptors (Lipinski definition) is 2. The van der Waals surface area contributed by atoms with Crippen LogP contribution in [0.15, 0.2) is 0 Å². The van der Waals surface area contributed by atoms with E-state index < -0.39 is 0 Å². The summed E-state index contributed by atoms with van der Waals surface area (Å²) in [5.41, 5.74) is 5.96. The number of thioether (sulfide) groups is 1. The smallest absolute Gasteiger partial charge is 0.00307 e. The standard InChI is InChI=1S/C10H23NS/c1-9(5-7-11)12-8-6-10(2,3)4/h9H,5-8,11H2,1-4H3. The Hall–Kier alpha value is 0.310. The molecule has 0 amide bonds. The first-order chi connectivity index (χ1) is 5.45. The molecule has 0 aromatic carbocycles. The molecule has 1 nitrogen and oxygen atoms in total. The summed E-state index contributed by atoms with van der Waals surface area (Å²) in [6.45, 7) is 9.97. The van der Waals surface area contributed by atoms with Crippen molar-refractivity contribution in [1.82, 2.24) is 0 Å². The summed E-state index contributed by atoms with van der Waals surface area (Å²) in [5, 5.41) is 0.734. The Balaban J connectivity index is 3.31. The van der Waals surface area contributed by atoms with Gasteiger partial charge in [-0.3, -0.25) is 0 Å². The van der Waals surface area contributed by atoms with Crippen LogP contribution in [0.5, 0.6) is 0 Å². The van der Waals surface area contributed by atoms with Crippen molar-refractivity contribution in [2.75, 3.05) is 12.3 Å². The molecule has 0 radical (unpaired) electrons. The first-order valence-electron chi connectivity index (χ1n) is 4.77. The second kappa shape index (κ2) is 5.87. The van der Waals surface area contributed by atoms with Gasteiger partial charge in [0.15, 0.2) is 0 Å². The van der Waals surface area contributed by atoms with E-state index in [-0.39, 0.29) is 0 Å². The summed E-state index contributed by atoms with van der Waals surface area (Å²) in [5.74, 6) is 1.27. The van der Waals surface area contributed by atoms with Gasteiger partial charge in [-0.25, -0.2) is 0 Å². The summed E-state index contributed by atoms with van der Waals surface area (Å²) in [7, 11) is 0. The molecular formula is C10H23NS. The van der Waals surface area contributed by atoms with Crippen LogP contribution in [0.2, 0.25) is 0 Å². The van der Waals surface area contributed by atoms with Crippen LogP contribution in [0.4, 0.5) is 0 Å². The molecule has 12 heavy (non-hydrogen) atoms. The molecular weight excluding hydrogens is 166 g/mol. The number of rotatable bonds is 5. The number of nitrogens with two attached hydrogens (primary N) is 1. The molecule has 2 heteroatoms. The van der Waals surface area contributed by atoms with E-state index >= 15 is 0 Å². The fourth-order valence-electron chi connectivity index (χ4n) is 0.884. The quantitative estimate of drug-likeness (QED) is 0.719.